The molecular formula is C15H27N3O2. The number of hydrogen-bond donors (Lipinski definition) is 1. The zero-order valence-electron chi connectivity index (χ0n) is 12.7. The van der Waals surface area contributed by atoms with Gasteiger partial charge in [0.05, 0.1) is 0 Å². The van der Waals surface area contributed by atoms with E-state index in [1.807, 2.05) is 11.8 Å². The SMILES string of the molecule is CCCN1CCC(N2CCC(=O)NC(CC)C2=O)CC1. The number of carbonyl (C=O) groups is 2. The molecule has 1 N–H and O–H groups in total. The largest absolute Gasteiger partial charge is 0.344 e. The Hall–Kier alpha value is -1.10. The van der Waals surface area contributed by atoms with Crippen LogP contribution >= 0.6 is 0 Å². The van der Waals surface area contributed by atoms with Crippen LogP contribution in [0.5, 0.6) is 0 Å². The van der Waals surface area contributed by atoms with Gasteiger partial charge in [0.15, 0.2) is 0 Å². The maximum Gasteiger partial charge on any atom is 0.245 e. The van der Waals surface area contributed by atoms with E-state index in [2.05, 4.69) is 17.1 Å². The summed E-state index contributed by atoms with van der Waals surface area (Å²) in [6, 6.07) is -0.00368. The minimum atomic E-state index is -0.321. The van der Waals surface area contributed by atoms with Crippen LogP contribution in [-0.4, -0.2) is 59.9 Å². The Morgan fingerprint density at radius 2 is 1.85 bits per heavy atom. The summed E-state index contributed by atoms with van der Waals surface area (Å²) in [5.41, 5.74) is 0. The maximum absolute atomic E-state index is 12.5. The van der Waals surface area contributed by atoms with E-state index in [9.17, 15) is 9.59 Å². The smallest absolute Gasteiger partial charge is 0.245 e. The highest BCUT2D eigenvalue weighted by atomic mass is 16.2. The molecule has 0 saturated carbocycles. The van der Waals surface area contributed by atoms with Gasteiger partial charge < -0.3 is 15.1 Å². The van der Waals surface area contributed by atoms with E-state index in [0.29, 0.717) is 25.4 Å². The van der Waals surface area contributed by atoms with Gasteiger partial charge in [0.1, 0.15) is 6.04 Å². The average Bonchev–Trinajstić information content (AvgIpc) is 2.60. The molecule has 0 spiro atoms. The predicted molar refractivity (Wildman–Crippen MR) is 78.3 cm³/mol. The number of nitrogens with zero attached hydrogens (tertiary/aromatic N) is 2. The highest BCUT2D eigenvalue weighted by molar-refractivity contribution is 5.90. The van der Waals surface area contributed by atoms with E-state index < -0.39 is 0 Å². The number of carbonyl (C=O) groups excluding carboxylic acids is 2. The lowest BCUT2D eigenvalue weighted by molar-refractivity contribution is -0.136. The minimum absolute atomic E-state index is 0.0103. The topological polar surface area (TPSA) is 52.6 Å². The first-order valence-electron chi connectivity index (χ1n) is 7.97. The molecule has 2 aliphatic rings. The fraction of sp³-hybridized carbons (Fsp3) is 0.867. The maximum atomic E-state index is 12.5. The fourth-order valence-corrected chi connectivity index (χ4v) is 3.27. The second-order valence-electron chi connectivity index (χ2n) is 5.88. The molecule has 2 aliphatic heterocycles. The van der Waals surface area contributed by atoms with Crippen LogP contribution in [0.2, 0.25) is 0 Å². The zero-order chi connectivity index (χ0) is 14.5. The highest BCUT2D eigenvalue weighted by Gasteiger charge is 2.34. The monoisotopic (exact) mass is 281 g/mol. The number of rotatable bonds is 4. The summed E-state index contributed by atoms with van der Waals surface area (Å²) in [7, 11) is 0. The molecule has 20 heavy (non-hydrogen) atoms. The lowest BCUT2D eigenvalue weighted by atomic mass is 10.0. The molecule has 2 saturated heterocycles. The van der Waals surface area contributed by atoms with Gasteiger partial charge in [0, 0.05) is 32.1 Å². The molecule has 114 valence electrons. The van der Waals surface area contributed by atoms with E-state index in [1.165, 1.54) is 6.42 Å². The van der Waals surface area contributed by atoms with Gasteiger partial charge in [-0.05, 0) is 32.2 Å². The molecule has 1 atom stereocenters. The van der Waals surface area contributed by atoms with Gasteiger partial charge in [0.25, 0.3) is 0 Å². The number of nitrogens with one attached hydrogen (secondary N) is 1. The second kappa shape index (κ2) is 7.07. The van der Waals surface area contributed by atoms with Crippen LogP contribution in [0.25, 0.3) is 0 Å². The van der Waals surface area contributed by atoms with Crippen molar-refractivity contribution in [3.63, 3.8) is 0 Å². The van der Waals surface area contributed by atoms with E-state index in [-0.39, 0.29) is 17.9 Å². The van der Waals surface area contributed by atoms with Crippen LogP contribution in [0.3, 0.4) is 0 Å². The number of likely N-dealkylation sites (tertiary alicyclic amines) is 1. The molecule has 2 amide bonds. The summed E-state index contributed by atoms with van der Waals surface area (Å²) >= 11 is 0. The molecular weight excluding hydrogens is 254 g/mol. The summed E-state index contributed by atoms with van der Waals surface area (Å²) in [4.78, 5) is 28.6. The van der Waals surface area contributed by atoms with Crippen molar-refractivity contribution in [1.29, 1.82) is 0 Å². The summed E-state index contributed by atoms with van der Waals surface area (Å²) in [6.07, 6.45) is 4.38. The quantitative estimate of drug-likeness (QED) is 0.836. The molecule has 1 unspecified atom stereocenters. The Labute approximate surface area is 121 Å². The predicted octanol–water partition coefficient (Wildman–Crippen LogP) is 0.988. The molecule has 0 aromatic carbocycles. The van der Waals surface area contributed by atoms with Crippen LogP contribution in [0.15, 0.2) is 0 Å². The van der Waals surface area contributed by atoms with E-state index in [0.717, 1.165) is 32.5 Å². The molecule has 0 aromatic heterocycles. The number of hydrogen-bond acceptors (Lipinski definition) is 3. The first-order chi connectivity index (χ1) is 9.65. The van der Waals surface area contributed by atoms with Gasteiger partial charge in [-0.15, -0.1) is 0 Å². The summed E-state index contributed by atoms with van der Waals surface area (Å²) < 4.78 is 0. The van der Waals surface area contributed by atoms with Crippen LogP contribution in [-0.2, 0) is 9.59 Å². The lowest BCUT2D eigenvalue weighted by Crippen LogP contribution is -2.51. The summed E-state index contributed by atoms with van der Waals surface area (Å²) in [6.45, 7) is 8.03. The van der Waals surface area contributed by atoms with Crippen molar-refractivity contribution in [3.05, 3.63) is 0 Å². The van der Waals surface area contributed by atoms with Crippen LogP contribution < -0.4 is 5.32 Å². The van der Waals surface area contributed by atoms with Gasteiger partial charge >= 0.3 is 0 Å². The highest BCUT2D eigenvalue weighted by Crippen LogP contribution is 2.20. The first-order valence-corrected chi connectivity index (χ1v) is 7.97. The molecule has 2 heterocycles. The Bertz CT molecular complexity index is 351. The van der Waals surface area contributed by atoms with Crippen molar-refractivity contribution in [2.45, 2.75) is 58.0 Å². The van der Waals surface area contributed by atoms with E-state index >= 15 is 0 Å². The Kier molecular flexibility index (Phi) is 5.40. The first kappa shape index (κ1) is 15.3. The average molecular weight is 281 g/mol. The zero-order valence-corrected chi connectivity index (χ0v) is 12.7. The van der Waals surface area contributed by atoms with Crippen LogP contribution in [0.4, 0.5) is 0 Å². The Morgan fingerprint density at radius 3 is 2.45 bits per heavy atom. The molecule has 0 bridgehead atoms. The standard InChI is InChI=1S/C15H27N3O2/c1-3-8-17-9-5-12(6-10-17)18-11-7-14(19)16-13(4-2)15(18)20/h12-13H,3-11H2,1-2H3,(H,16,19). The Morgan fingerprint density at radius 1 is 1.15 bits per heavy atom. The van der Waals surface area contributed by atoms with Crippen LogP contribution in [0.1, 0.15) is 46.0 Å². The normalized spacial score (nSPS) is 26.5. The Balaban J connectivity index is 1.97. The third-order valence-electron chi connectivity index (χ3n) is 4.44. The molecule has 5 heteroatoms. The van der Waals surface area contributed by atoms with Crippen LogP contribution in [0, 0.1) is 0 Å². The third-order valence-corrected chi connectivity index (χ3v) is 4.44. The van der Waals surface area contributed by atoms with Gasteiger partial charge in [-0.2, -0.15) is 0 Å². The molecule has 2 rings (SSSR count). The summed E-state index contributed by atoms with van der Waals surface area (Å²) in [5.74, 6) is 0.128. The second-order valence-corrected chi connectivity index (χ2v) is 5.88. The van der Waals surface area contributed by atoms with Gasteiger partial charge in [-0.1, -0.05) is 13.8 Å². The van der Waals surface area contributed by atoms with E-state index in [1.54, 1.807) is 0 Å². The van der Waals surface area contributed by atoms with Crippen molar-refractivity contribution in [1.82, 2.24) is 15.1 Å². The van der Waals surface area contributed by atoms with Crippen molar-refractivity contribution in [2.24, 2.45) is 0 Å². The van der Waals surface area contributed by atoms with Gasteiger partial charge in [-0.25, -0.2) is 0 Å². The van der Waals surface area contributed by atoms with Crippen molar-refractivity contribution in [2.75, 3.05) is 26.2 Å². The molecule has 0 radical (unpaired) electrons. The van der Waals surface area contributed by atoms with Crippen molar-refractivity contribution < 1.29 is 9.59 Å². The summed E-state index contributed by atoms with van der Waals surface area (Å²) in [5, 5.41) is 2.84. The molecule has 0 aromatic rings. The number of piperidine rings is 1. The third kappa shape index (κ3) is 3.51. The van der Waals surface area contributed by atoms with Crippen molar-refractivity contribution in [3.8, 4) is 0 Å². The minimum Gasteiger partial charge on any atom is -0.344 e. The van der Waals surface area contributed by atoms with Gasteiger partial charge in [0.2, 0.25) is 11.8 Å². The molecule has 5 nitrogen and oxygen atoms in total. The van der Waals surface area contributed by atoms with E-state index in [4.69, 9.17) is 0 Å². The fourth-order valence-electron chi connectivity index (χ4n) is 3.27. The van der Waals surface area contributed by atoms with Crippen molar-refractivity contribution >= 4 is 11.8 Å². The molecule has 0 aliphatic carbocycles. The molecule has 2 fully saturated rings. The number of amides is 2. The lowest BCUT2D eigenvalue weighted by Gasteiger charge is -2.38. The van der Waals surface area contributed by atoms with Gasteiger partial charge in [-0.3, -0.25) is 9.59 Å².